The molecule has 0 spiro atoms. The molecule has 2 aromatic carbocycles. The van der Waals surface area contributed by atoms with Gasteiger partial charge in [-0.3, -0.25) is 0 Å². The van der Waals surface area contributed by atoms with Crippen molar-refractivity contribution in [2.45, 2.75) is 32.2 Å². The van der Waals surface area contributed by atoms with Crippen molar-refractivity contribution in [2.75, 3.05) is 6.54 Å². The fourth-order valence-corrected chi connectivity index (χ4v) is 2.93. The highest BCUT2D eigenvalue weighted by Crippen LogP contribution is 2.09. The van der Waals surface area contributed by atoms with Gasteiger partial charge < -0.3 is 10.6 Å². The summed E-state index contributed by atoms with van der Waals surface area (Å²) < 4.78 is 1.83. The average Bonchev–Trinajstić information content (AvgIpc) is 3.22. The molecule has 0 saturated carbocycles. The normalized spacial score (nSPS) is 11.7. The Labute approximate surface area is 160 Å². The van der Waals surface area contributed by atoms with Crippen molar-refractivity contribution in [1.82, 2.24) is 20.4 Å². The fourth-order valence-electron chi connectivity index (χ4n) is 2.93. The number of benzene rings is 2. The van der Waals surface area contributed by atoms with Crippen molar-refractivity contribution >= 4 is 6.03 Å². The molecule has 5 heteroatoms. The molecule has 0 radical (unpaired) electrons. The van der Waals surface area contributed by atoms with Crippen LogP contribution >= 0.6 is 0 Å². The maximum Gasteiger partial charge on any atom is 0.315 e. The highest BCUT2D eigenvalue weighted by Gasteiger charge is 2.07. The van der Waals surface area contributed by atoms with Crippen LogP contribution in [0.2, 0.25) is 0 Å². The minimum Gasteiger partial charge on any atom is -0.338 e. The van der Waals surface area contributed by atoms with Crippen LogP contribution in [0.5, 0.6) is 0 Å². The quantitative estimate of drug-likeness (QED) is 0.641. The second-order valence-corrected chi connectivity index (χ2v) is 6.69. The Morgan fingerprint density at radius 1 is 1.00 bits per heavy atom. The molecular formula is C22H26N4O. The van der Waals surface area contributed by atoms with Gasteiger partial charge in [0.25, 0.3) is 0 Å². The van der Waals surface area contributed by atoms with Gasteiger partial charge in [0.1, 0.15) is 0 Å². The van der Waals surface area contributed by atoms with E-state index in [2.05, 4.69) is 40.0 Å². The molecular weight excluding hydrogens is 336 g/mol. The number of carbonyl (C=O) groups excluding carboxylic acids is 1. The van der Waals surface area contributed by atoms with Crippen molar-refractivity contribution in [2.24, 2.45) is 0 Å². The van der Waals surface area contributed by atoms with Crippen LogP contribution in [0.15, 0.2) is 73.1 Å². The summed E-state index contributed by atoms with van der Waals surface area (Å²) in [6.07, 6.45) is 6.36. The largest absolute Gasteiger partial charge is 0.338 e. The molecule has 5 nitrogen and oxygen atoms in total. The van der Waals surface area contributed by atoms with Gasteiger partial charge in [-0.25, -0.2) is 9.48 Å². The molecule has 0 aliphatic rings. The van der Waals surface area contributed by atoms with Gasteiger partial charge in [-0.1, -0.05) is 42.5 Å². The monoisotopic (exact) mass is 362 g/mol. The van der Waals surface area contributed by atoms with Gasteiger partial charge in [0.15, 0.2) is 0 Å². The summed E-state index contributed by atoms with van der Waals surface area (Å²) in [5.74, 6) is 0. The van der Waals surface area contributed by atoms with Crippen LogP contribution < -0.4 is 10.6 Å². The zero-order valence-electron chi connectivity index (χ0n) is 15.6. The summed E-state index contributed by atoms with van der Waals surface area (Å²) in [5, 5.41) is 10.2. The summed E-state index contributed by atoms with van der Waals surface area (Å²) in [4.78, 5) is 12.0. The second kappa shape index (κ2) is 9.57. The lowest BCUT2D eigenvalue weighted by Crippen LogP contribution is -2.41. The summed E-state index contributed by atoms with van der Waals surface area (Å²) in [6, 6.07) is 20.5. The molecule has 0 aliphatic carbocycles. The van der Waals surface area contributed by atoms with Gasteiger partial charge in [-0.2, -0.15) is 5.10 Å². The third-order valence-electron chi connectivity index (χ3n) is 4.49. The van der Waals surface area contributed by atoms with E-state index in [1.54, 1.807) is 6.20 Å². The molecule has 1 aromatic heterocycles. The number of hydrogen-bond acceptors (Lipinski definition) is 2. The summed E-state index contributed by atoms with van der Waals surface area (Å²) in [7, 11) is 0. The number of carbonyl (C=O) groups is 1. The number of nitrogens with zero attached hydrogens (tertiary/aromatic N) is 2. The number of amides is 2. The summed E-state index contributed by atoms with van der Waals surface area (Å²) >= 11 is 0. The Kier molecular flexibility index (Phi) is 6.63. The van der Waals surface area contributed by atoms with E-state index in [9.17, 15) is 4.79 Å². The first-order valence-electron chi connectivity index (χ1n) is 9.38. The Balaban J connectivity index is 1.35. The maximum atomic E-state index is 12.0. The Morgan fingerprint density at radius 2 is 1.74 bits per heavy atom. The van der Waals surface area contributed by atoms with Crippen LogP contribution in [0.3, 0.4) is 0 Å². The van der Waals surface area contributed by atoms with Gasteiger partial charge >= 0.3 is 6.03 Å². The van der Waals surface area contributed by atoms with Gasteiger partial charge in [0.2, 0.25) is 0 Å². The van der Waals surface area contributed by atoms with E-state index >= 15 is 0 Å². The van der Waals surface area contributed by atoms with Crippen LogP contribution in [0.25, 0.3) is 5.69 Å². The number of aromatic nitrogens is 2. The highest BCUT2D eigenvalue weighted by molar-refractivity contribution is 5.74. The van der Waals surface area contributed by atoms with Crippen molar-refractivity contribution in [3.63, 3.8) is 0 Å². The zero-order chi connectivity index (χ0) is 18.9. The molecule has 140 valence electrons. The van der Waals surface area contributed by atoms with E-state index < -0.39 is 0 Å². The molecule has 1 heterocycles. The lowest BCUT2D eigenvalue weighted by atomic mass is 10.1. The van der Waals surface area contributed by atoms with E-state index in [-0.39, 0.29) is 12.1 Å². The molecule has 0 fully saturated rings. The van der Waals surface area contributed by atoms with Crippen molar-refractivity contribution in [1.29, 1.82) is 0 Å². The van der Waals surface area contributed by atoms with E-state index in [0.29, 0.717) is 6.54 Å². The van der Waals surface area contributed by atoms with Crippen molar-refractivity contribution < 1.29 is 4.79 Å². The van der Waals surface area contributed by atoms with E-state index in [0.717, 1.165) is 24.9 Å². The first kappa shape index (κ1) is 18.7. The van der Waals surface area contributed by atoms with Crippen LogP contribution in [0, 0.1) is 0 Å². The molecule has 1 atom stereocenters. The third kappa shape index (κ3) is 5.99. The van der Waals surface area contributed by atoms with Gasteiger partial charge in [-0.15, -0.1) is 0 Å². The molecule has 27 heavy (non-hydrogen) atoms. The number of rotatable bonds is 8. The Bertz CT molecular complexity index is 813. The first-order chi connectivity index (χ1) is 13.2. The van der Waals surface area contributed by atoms with Crippen molar-refractivity contribution in [3.8, 4) is 5.69 Å². The molecule has 2 amide bonds. The lowest BCUT2D eigenvalue weighted by molar-refractivity contribution is 0.237. The third-order valence-corrected chi connectivity index (χ3v) is 4.49. The van der Waals surface area contributed by atoms with Crippen LogP contribution in [0.4, 0.5) is 4.79 Å². The molecule has 1 unspecified atom stereocenters. The number of nitrogens with one attached hydrogen (secondary N) is 2. The number of aryl methyl sites for hydroxylation is 1. The Hall–Kier alpha value is -3.08. The van der Waals surface area contributed by atoms with Gasteiger partial charge in [0.05, 0.1) is 5.69 Å². The lowest BCUT2D eigenvalue weighted by Gasteiger charge is -2.14. The van der Waals surface area contributed by atoms with Crippen LogP contribution in [0.1, 0.15) is 24.5 Å². The Morgan fingerprint density at radius 3 is 2.44 bits per heavy atom. The average molecular weight is 362 g/mol. The zero-order valence-corrected chi connectivity index (χ0v) is 15.6. The summed E-state index contributed by atoms with van der Waals surface area (Å²) in [6.45, 7) is 2.65. The van der Waals surface area contributed by atoms with Gasteiger partial charge in [-0.05, 0) is 55.5 Å². The first-order valence-corrected chi connectivity index (χ1v) is 9.38. The molecule has 0 bridgehead atoms. The predicted molar refractivity (Wildman–Crippen MR) is 108 cm³/mol. The van der Waals surface area contributed by atoms with Gasteiger partial charge in [0, 0.05) is 25.0 Å². The summed E-state index contributed by atoms with van der Waals surface area (Å²) in [5.41, 5.74) is 3.51. The molecule has 3 aromatic rings. The van der Waals surface area contributed by atoms with E-state index in [1.807, 2.05) is 54.2 Å². The number of urea groups is 1. The minimum absolute atomic E-state index is 0.108. The van der Waals surface area contributed by atoms with E-state index in [4.69, 9.17) is 0 Å². The highest BCUT2D eigenvalue weighted by atomic mass is 16.2. The molecule has 3 rings (SSSR count). The maximum absolute atomic E-state index is 12.0. The smallest absolute Gasteiger partial charge is 0.315 e. The molecule has 0 aliphatic heterocycles. The van der Waals surface area contributed by atoms with Crippen LogP contribution in [-0.4, -0.2) is 28.4 Å². The van der Waals surface area contributed by atoms with E-state index in [1.165, 1.54) is 11.1 Å². The standard InChI is InChI=1S/C22H26N4O/c1-18(8-9-19-6-3-2-4-7-19)25-22(27)23-16-14-20-10-12-21(13-11-20)26-17-5-15-24-26/h2-7,10-13,15,17-18H,8-9,14,16H2,1H3,(H2,23,25,27). The second-order valence-electron chi connectivity index (χ2n) is 6.69. The fraction of sp³-hybridized carbons (Fsp3) is 0.273. The minimum atomic E-state index is -0.108. The molecule has 0 saturated heterocycles. The predicted octanol–water partition coefficient (Wildman–Crippen LogP) is 3.74. The molecule has 2 N–H and O–H groups in total. The number of hydrogen-bond donors (Lipinski definition) is 2. The van der Waals surface area contributed by atoms with Crippen molar-refractivity contribution in [3.05, 3.63) is 84.2 Å². The van der Waals surface area contributed by atoms with Crippen LogP contribution in [-0.2, 0) is 12.8 Å². The topological polar surface area (TPSA) is 59.0 Å². The SMILES string of the molecule is CC(CCc1ccccc1)NC(=O)NCCc1ccc(-n2cccn2)cc1.